The molecule has 144 valence electrons. The number of carboxylic acid groups (broad SMARTS) is 1. The third-order valence-corrected chi connectivity index (χ3v) is 5.16. The summed E-state index contributed by atoms with van der Waals surface area (Å²) >= 11 is 0. The first kappa shape index (κ1) is 17.8. The van der Waals surface area contributed by atoms with E-state index in [-0.39, 0.29) is 5.56 Å². The van der Waals surface area contributed by atoms with Crippen molar-refractivity contribution in [3.63, 3.8) is 0 Å². The van der Waals surface area contributed by atoms with E-state index in [1.165, 1.54) is 6.20 Å². The van der Waals surface area contributed by atoms with Gasteiger partial charge in [0.2, 0.25) is 5.43 Å². The minimum atomic E-state index is -1.24. The number of nitrogens with zero attached hydrogens (tertiary/aromatic N) is 4. The predicted octanol–water partition coefficient (Wildman–Crippen LogP) is 1.54. The Bertz CT molecular complexity index is 1100. The Morgan fingerprint density at radius 2 is 1.86 bits per heavy atom. The van der Waals surface area contributed by atoms with Crippen LogP contribution in [0, 0.1) is 0 Å². The summed E-state index contributed by atoms with van der Waals surface area (Å²) in [6, 6.07) is 9.33. The fourth-order valence-corrected chi connectivity index (χ4v) is 3.68. The third-order valence-electron chi connectivity index (χ3n) is 5.16. The molecule has 1 aromatic carbocycles. The van der Waals surface area contributed by atoms with Crippen LogP contribution >= 0.6 is 0 Å². The zero-order valence-electron chi connectivity index (χ0n) is 15.5. The molecule has 4 rings (SSSR count). The van der Waals surface area contributed by atoms with Gasteiger partial charge in [0.05, 0.1) is 16.9 Å². The zero-order valence-corrected chi connectivity index (χ0v) is 15.5. The molecular formula is C20H21N5O3. The van der Waals surface area contributed by atoms with E-state index < -0.39 is 11.4 Å². The maximum atomic E-state index is 12.5. The number of aryl methyl sites for hydroxylation is 1. The lowest BCUT2D eigenvalue weighted by molar-refractivity contribution is 0.0695. The summed E-state index contributed by atoms with van der Waals surface area (Å²) in [7, 11) is 1.73. The minimum absolute atomic E-state index is 0.258. The molecule has 0 radical (unpaired) electrons. The Labute approximate surface area is 161 Å². The smallest absolute Gasteiger partial charge is 0.341 e. The first-order valence-electron chi connectivity index (χ1n) is 9.03. The minimum Gasteiger partial charge on any atom is -0.477 e. The number of fused-ring (bicyclic) bond motifs is 1. The Hall–Kier alpha value is -3.55. The van der Waals surface area contributed by atoms with Crippen LogP contribution in [0.1, 0.15) is 10.4 Å². The molecule has 1 saturated heterocycles. The zero-order chi connectivity index (χ0) is 19.8. The molecule has 0 amide bonds. The molecule has 8 nitrogen and oxygen atoms in total. The third kappa shape index (κ3) is 3.02. The van der Waals surface area contributed by atoms with E-state index in [4.69, 9.17) is 5.73 Å². The maximum Gasteiger partial charge on any atom is 0.341 e. The van der Waals surface area contributed by atoms with E-state index in [0.29, 0.717) is 16.6 Å². The van der Waals surface area contributed by atoms with Gasteiger partial charge in [0, 0.05) is 51.0 Å². The second-order valence-corrected chi connectivity index (χ2v) is 6.88. The first-order valence-corrected chi connectivity index (χ1v) is 9.03. The van der Waals surface area contributed by atoms with Crippen LogP contribution in [0.25, 0.3) is 10.9 Å². The lowest BCUT2D eigenvalue weighted by Crippen LogP contribution is -2.47. The van der Waals surface area contributed by atoms with Gasteiger partial charge < -0.3 is 25.2 Å². The van der Waals surface area contributed by atoms with Gasteiger partial charge in [0.15, 0.2) is 0 Å². The van der Waals surface area contributed by atoms with Crippen molar-refractivity contribution >= 4 is 34.1 Å². The predicted molar refractivity (Wildman–Crippen MR) is 109 cm³/mol. The molecule has 0 spiro atoms. The van der Waals surface area contributed by atoms with Crippen molar-refractivity contribution in [2.75, 3.05) is 41.7 Å². The molecule has 1 aliphatic heterocycles. The van der Waals surface area contributed by atoms with Crippen molar-refractivity contribution in [2.24, 2.45) is 7.05 Å². The molecule has 8 heteroatoms. The molecule has 0 atom stereocenters. The van der Waals surface area contributed by atoms with Gasteiger partial charge >= 0.3 is 5.97 Å². The van der Waals surface area contributed by atoms with Gasteiger partial charge in [-0.1, -0.05) is 6.07 Å². The van der Waals surface area contributed by atoms with Crippen molar-refractivity contribution < 1.29 is 9.90 Å². The lowest BCUT2D eigenvalue weighted by atomic mass is 10.1. The first-order chi connectivity index (χ1) is 13.5. The summed E-state index contributed by atoms with van der Waals surface area (Å²) in [5.74, 6) is -0.284. The Morgan fingerprint density at radius 3 is 2.50 bits per heavy atom. The summed E-state index contributed by atoms with van der Waals surface area (Å²) in [5.41, 5.74) is 7.45. The molecule has 1 aliphatic rings. The van der Waals surface area contributed by atoms with Gasteiger partial charge in [0.25, 0.3) is 0 Å². The number of rotatable bonds is 3. The van der Waals surface area contributed by atoms with Crippen LogP contribution in [-0.4, -0.2) is 46.8 Å². The molecule has 1 fully saturated rings. The molecular weight excluding hydrogens is 358 g/mol. The van der Waals surface area contributed by atoms with Gasteiger partial charge in [-0.3, -0.25) is 4.79 Å². The molecule has 0 aliphatic carbocycles. The van der Waals surface area contributed by atoms with E-state index in [0.717, 1.165) is 37.7 Å². The van der Waals surface area contributed by atoms with Crippen molar-refractivity contribution in [3.8, 4) is 0 Å². The van der Waals surface area contributed by atoms with E-state index in [1.54, 1.807) is 23.9 Å². The average molecular weight is 379 g/mol. The normalized spacial score (nSPS) is 14.5. The number of benzene rings is 1. The second kappa shape index (κ2) is 6.88. The number of carbonyl (C=O) groups is 1. The van der Waals surface area contributed by atoms with Crippen LogP contribution in [0.5, 0.6) is 0 Å². The second-order valence-electron chi connectivity index (χ2n) is 6.88. The summed E-state index contributed by atoms with van der Waals surface area (Å²) in [4.78, 5) is 32.6. The van der Waals surface area contributed by atoms with E-state index in [9.17, 15) is 14.7 Å². The molecule has 0 unspecified atom stereocenters. The SMILES string of the molecule is Cn1cc(C(=O)O)c(=O)c2cc(N)c(N3CCN(c4ccccn4)CC3)cc21. The highest BCUT2D eigenvalue weighted by Crippen LogP contribution is 2.29. The molecule has 3 N–H and O–H groups in total. The maximum absolute atomic E-state index is 12.5. The van der Waals surface area contributed by atoms with Crippen LogP contribution in [-0.2, 0) is 7.05 Å². The molecule has 2 aromatic heterocycles. The highest BCUT2D eigenvalue weighted by Gasteiger charge is 2.21. The molecule has 0 bridgehead atoms. The summed E-state index contributed by atoms with van der Waals surface area (Å²) < 4.78 is 1.66. The number of hydrogen-bond donors (Lipinski definition) is 2. The molecule has 28 heavy (non-hydrogen) atoms. The Balaban J connectivity index is 1.66. The number of carboxylic acids is 1. The largest absolute Gasteiger partial charge is 0.477 e. The monoisotopic (exact) mass is 379 g/mol. The van der Waals surface area contributed by atoms with Crippen molar-refractivity contribution in [1.29, 1.82) is 0 Å². The summed E-state index contributed by atoms with van der Waals surface area (Å²) in [6.07, 6.45) is 3.14. The number of hydrogen-bond acceptors (Lipinski definition) is 6. The number of pyridine rings is 2. The lowest BCUT2D eigenvalue weighted by Gasteiger charge is -2.37. The molecule has 3 heterocycles. The summed E-state index contributed by atoms with van der Waals surface area (Å²) in [6.45, 7) is 3.16. The number of nitrogens with two attached hydrogens (primary N) is 1. The van der Waals surface area contributed by atoms with Gasteiger partial charge in [-0.25, -0.2) is 9.78 Å². The fraction of sp³-hybridized carbons (Fsp3) is 0.250. The fourth-order valence-electron chi connectivity index (χ4n) is 3.68. The summed E-state index contributed by atoms with van der Waals surface area (Å²) in [5, 5.41) is 9.55. The number of anilines is 3. The Morgan fingerprint density at radius 1 is 1.14 bits per heavy atom. The van der Waals surface area contributed by atoms with Crippen LogP contribution in [0.15, 0.2) is 47.5 Å². The van der Waals surface area contributed by atoms with Gasteiger partial charge in [-0.15, -0.1) is 0 Å². The van der Waals surface area contributed by atoms with Crippen LogP contribution in [0.4, 0.5) is 17.2 Å². The standard InChI is InChI=1S/C20H21N5O3/c1-23-12-14(20(27)28)19(26)13-10-15(21)17(11-16(13)23)24-6-8-25(9-7-24)18-4-2-3-5-22-18/h2-5,10-12H,6-9,21H2,1H3,(H,27,28). The highest BCUT2D eigenvalue weighted by molar-refractivity contribution is 5.95. The van der Waals surface area contributed by atoms with Crippen molar-refractivity contribution in [2.45, 2.75) is 0 Å². The van der Waals surface area contributed by atoms with Gasteiger partial charge in [-0.2, -0.15) is 0 Å². The van der Waals surface area contributed by atoms with Crippen molar-refractivity contribution in [1.82, 2.24) is 9.55 Å². The molecule has 3 aromatic rings. The number of aromatic carboxylic acids is 1. The van der Waals surface area contributed by atoms with E-state index in [1.807, 2.05) is 24.3 Å². The van der Waals surface area contributed by atoms with Crippen LogP contribution in [0.2, 0.25) is 0 Å². The van der Waals surface area contributed by atoms with Gasteiger partial charge in [-0.05, 0) is 24.3 Å². The van der Waals surface area contributed by atoms with Gasteiger partial charge in [0.1, 0.15) is 11.4 Å². The Kier molecular flexibility index (Phi) is 4.38. The number of piperazine rings is 1. The average Bonchev–Trinajstić information content (AvgIpc) is 2.71. The highest BCUT2D eigenvalue weighted by atomic mass is 16.4. The number of aromatic nitrogens is 2. The topological polar surface area (TPSA) is 105 Å². The van der Waals surface area contributed by atoms with Crippen molar-refractivity contribution in [3.05, 3.63) is 58.5 Å². The number of nitrogen functional groups attached to an aromatic ring is 1. The van der Waals surface area contributed by atoms with Crippen LogP contribution < -0.4 is 21.0 Å². The quantitative estimate of drug-likeness (QED) is 0.665. The van der Waals surface area contributed by atoms with E-state index >= 15 is 0 Å². The van der Waals surface area contributed by atoms with Crippen LogP contribution in [0.3, 0.4) is 0 Å². The molecule has 0 saturated carbocycles. The van der Waals surface area contributed by atoms with E-state index in [2.05, 4.69) is 14.8 Å².